The van der Waals surface area contributed by atoms with Crippen molar-refractivity contribution in [2.24, 2.45) is 0 Å². The summed E-state index contributed by atoms with van der Waals surface area (Å²) < 4.78 is 0. The molecule has 1 aliphatic carbocycles. The predicted molar refractivity (Wildman–Crippen MR) is 133 cm³/mol. The van der Waals surface area contributed by atoms with Crippen molar-refractivity contribution < 1.29 is 9.59 Å². The minimum absolute atomic E-state index is 0.141. The molecule has 2 aromatic carbocycles. The molecule has 0 radical (unpaired) electrons. The van der Waals surface area contributed by atoms with Gasteiger partial charge in [-0.15, -0.1) is 0 Å². The normalized spacial score (nSPS) is 18.3. The second-order valence-electron chi connectivity index (χ2n) is 9.48. The fourth-order valence-corrected chi connectivity index (χ4v) is 5.66. The van der Waals surface area contributed by atoms with Gasteiger partial charge in [-0.3, -0.25) is 24.4 Å². The number of Topliss-reactive ketones (excluding diaryl/α,β-unsaturated/α-hetero) is 2. The molecular formula is C29H31N3O2. The van der Waals surface area contributed by atoms with Gasteiger partial charge in [0.05, 0.1) is 5.69 Å². The Hall–Kier alpha value is -3.15. The van der Waals surface area contributed by atoms with Crippen LogP contribution < -0.4 is 0 Å². The van der Waals surface area contributed by atoms with E-state index in [0.717, 1.165) is 37.2 Å². The lowest BCUT2D eigenvalue weighted by Gasteiger charge is -2.44. The van der Waals surface area contributed by atoms with Gasteiger partial charge in [-0.05, 0) is 42.5 Å². The quantitative estimate of drug-likeness (QED) is 0.538. The third-order valence-corrected chi connectivity index (χ3v) is 7.37. The zero-order valence-electron chi connectivity index (χ0n) is 20.2. The molecule has 1 fully saturated rings. The Bertz CT molecular complexity index is 1220. The van der Waals surface area contributed by atoms with Crippen molar-refractivity contribution in [1.29, 1.82) is 0 Å². The average Bonchev–Trinajstić information content (AvgIpc) is 3.08. The zero-order valence-corrected chi connectivity index (χ0v) is 20.2. The summed E-state index contributed by atoms with van der Waals surface area (Å²) in [6.45, 7) is 9.86. The van der Waals surface area contributed by atoms with Crippen LogP contribution in [0.1, 0.15) is 55.6 Å². The molecule has 5 heteroatoms. The van der Waals surface area contributed by atoms with Gasteiger partial charge in [0, 0.05) is 50.0 Å². The number of hydrogen-bond donors (Lipinski definition) is 0. The monoisotopic (exact) mass is 453 g/mol. The maximum Gasteiger partial charge on any atom is 0.198 e. The first kappa shape index (κ1) is 22.6. The third-order valence-electron chi connectivity index (χ3n) is 7.37. The van der Waals surface area contributed by atoms with E-state index in [2.05, 4.69) is 41.0 Å². The Morgan fingerprint density at radius 1 is 0.853 bits per heavy atom. The summed E-state index contributed by atoms with van der Waals surface area (Å²) in [5.74, 6) is -0.283. The molecule has 0 bridgehead atoms. The molecule has 5 nitrogen and oxygen atoms in total. The second kappa shape index (κ2) is 8.90. The molecule has 0 saturated carbocycles. The Balaban J connectivity index is 1.49. The Morgan fingerprint density at radius 2 is 1.44 bits per heavy atom. The SMILES string of the molecule is CCc1ccccc1CN1CCN(C2(c3ncc(C)cc3C)C(=O)c3ccccc3C2=O)CC1. The molecule has 0 N–H and O–H groups in total. The van der Waals surface area contributed by atoms with Crippen molar-refractivity contribution in [3.63, 3.8) is 0 Å². The minimum Gasteiger partial charge on any atom is -0.297 e. The molecule has 5 rings (SSSR count). The van der Waals surface area contributed by atoms with Crippen molar-refractivity contribution >= 4 is 11.6 Å². The van der Waals surface area contributed by atoms with Crippen LogP contribution in [0.15, 0.2) is 60.8 Å². The molecule has 1 saturated heterocycles. The van der Waals surface area contributed by atoms with Gasteiger partial charge < -0.3 is 0 Å². The van der Waals surface area contributed by atoms with Gasteiger partial charge in [-0.25, -0.2) is 0 Å². The van der Waals surface area contributed by atoms with Gasteiger partial charge >= 0.3 is 0 Å². The molecule has 1 aliphatic heterocycles. The van der Waals surface area contributed by atoms with Crippen molar-refractivity contribution in [3.05, 3.63) is 99.9 Å². The highest BCUT2D eigenvalue weighted by molar-refractivity contribution is 6.32. The number of aryl methyl sites for hydroxylation is 3. The van der Waals surface area contributed by atoms with Gasteiger partial charge in [-0.1, -0.05) is 61.5 Å². The van der Waals surface area contributed by atoms with Crippen molar-refractivity contribution in [1.82, 2.24) is 14.8 Å². The van der Waals surface area contributed by atoms with Gasteiger partial charge in [-0.2, -0.15) is 0 Å². The molecule has 1 aromatic heterocycles. The van der Waals surface area contributed by atoms with Crippen LogP contribution in [0.4, 0.5) is 0 Å². The van der Waals surface area contributed by atoms with Crippen LogP contribution in [0.2, 0.25) is 0 Å². The maximum atomic E-state index is 14.0. The van der Waals surface area contributed by atoms with Crippen molar-refractivity contribution in [2.75, 3.05) is 26.2 Å². The van der Waals surface area contributed by atoms with E-state index in [1.54, 1.807) is 18.3 Å². The van der Waals surface area contributed by atoms with Gasteiger partial charge in [0.1, 0.15) is 0 Å². The average molecular weight is 454 g/mol. The first-order valence-electron chi connectivity index (χ1n) is 12.1. The second-order valence-corrected chi connectivity index (χ2v) is 9.48. The number of piperazine rings is 1. The largest absolute Gasteiger partial charge is 0.297 e. The molecule has 34 heavy (non-hydrogen) atoms. The number of fused-ring (bicyclic) bond motifs is 1. The fourth-order valence-electron chi connectivity index (χ4n) is 5.66. The zero-order chi connectivity index (χ0) is 23.9. The van der Waals surface area contributed by atoms with Gasteiger partial charge in [0.2, 0.25) is 0 Å². The van der Waals surface area contributed by atoms with E-state index in [9.17, 15) is 9.59 Å². The Morgan fingerprint density at radius 3 is 2.03 bits per heavy atom. The topological polar surface area (TPSA) is 53.5 Å². The summed E-state index contributed by atoms with van der Waals surface area (Å²) in [4.78, 5) is 37.2. The van der Waals surface area contributed by atoms with Crippen LogP contribution in [0.25, 0.3) is 0 Å². The van der Waals surface area contributed by atoms with Crippen molar-refractivity contribution in [2.45, 2.75) is 39.3 Å². The summed E-state index contributed by atoms with van der Waals surface area (Å²) in [7, 11) is 0. The number of rotatable bonds is 5. The summed E-state index contributed by atoms with van der Waals surface area (Å²) in [5.41, 5.74) is 4.84. The summed E-state index contributed by atoms with van der Waals surface area (Å²) in [6.07, 6.45) is 2.78. The molecule has 174 valence electrons. The van der Waals surface area contributed by atoms with Crippen molar-refractivity contribution in [3.8, 4) is 0 Å². The third kappa shape index (κ3) is 3.51. The smallest absolute Gasteiger partial charge is 0.198 e. The molecule has 0 unspecified atom stereocenters. The minimum atomic E-state index is -1.38. The number of carbonyl (C=O) groups is 2. The number of benzene rings is 2. The van der Waals surface area contributed by atoms with Crippen LogP contribution in [0.3, 0.4) is 0 Å². The number of ketones is 2. The maximum absolute atomic E-state index is 14.0. The summed E-state index contributed by atoms with van der Waals surface area (Å²) in [6, 6.07) is 17.8. The molecular weight excluding hydrogens is 422 g/mol. The summed E-state index contributed by atoms with van der Waals surface area (Å²) in [5, 5.41) is 0. The van der Waals surface area contributed by atoms with Crippen LogP contribution >= 0.6 is 0 Å². The highest BCUT2D eigenvalue weighted by atomic mass is 16.2. The molecule has 0 spiro atoms. The van der Waals surface area contributed by atoms with E-state index in [-0.39, 0.29) is 11.6 Å². The van der Waals surface area contributed by atoms with E-state index in [1.165, 1.54) is 11.1 Å². The molecule has 3 aromatic rings. The Kier molecular flexibility index (Phi) is 5.92. The number of aromatic nitrogens is 1. The lowest BCUT2D eigenvalue weighted by atomic mass is 9.83. The van der Waals surface area contributed by atoms with E-state index in [1.807, 2.05) is 32.0 Å². The standard InChI is InChI=1S/C29H31N3O2/c1-4-22-9-5-6-10-23(22)19-31-13-15-32(16-14-31)29(26-21(3)17-20(2)18-30-26)27(33)24-11-7-8-12-25(24)28(29)34/h5-12,17-18H,4,13-16,19H2,1-3H3. The van der Waals surface area contributed by atoms with E-state index in [0.29, 0.717) is 29.9 Å². The summed E-state index contributed by atoms with van der Waals surface area (Å²) >= 11 is 0. The molecule has 2 aliphatic rings. The predicted octanol–water partition coefficient (Wildman–Crippen LogP) is 4.35. The lowest BCUT2D eigenvalue weighted by Crippen LogP contribution is -2.60. The number of pyridine rings is 1. The lowest BCUT2D eigenvalue weighted by molar-refractivity contribution is 0.0264. The number of nitrogens with zero attached hydrogens (tertiary/aromatic N) is 3. The highest BCUT2D eigenvalue weighted by Gasteiger charge is 2.59. The molecule has 2 heterocycles. The van der Waals surface area contributed by atoms with E-state index in [4.69, 9.17) is 4.98 Å². The van der Waals surface area contributed by atoms with Gasteiger partial charge in [0.25, 0.3) is 0 Å². The molecule has 0 atom stereocenters. The Labute approximate surface area is 201 Å². The van der Waals surface area contributed by atoms with Gasteiger partial charge in [0.15, 0.2) is 17.1 Å². The van der Waals surface area contributed by atoms with Crippen LogP contribution in [0.5, 0.6) is 0 Å². The van der Waals surface area contributed by atoms with Crippen LogP contribution in [-0.4, -0.2) is 52.5 Å². The first-order chi connectivity index (χ1) is 16.5. The van der Waals surface area contributed by atoms with E-state index >= 15 is 0 Å². The van der Waals surface area contributed by atoms with E-state index < -0.39 is 5.54 Å². The molecule has 0 amide bonds. The number of hydrogen-bond acceptors (Lipinski definition) is 5. The van der Waals surface area contributed by atoms with Crippen LogP contribution in [0, 0.1) is 13.8 Å². The highest BCUT2D eigenvalue weighted by Crippen LogP contribution is 2.43. The fraction of sp³-hybridized carbons (Fsp3) is 0.345. The first-order valence-corrected chi connectivity index (χ1v) is 12.1. The van der Waals surface area contributed by atoms with Crippen LogP contribution in [-0.2, 0) is 18.5 Å². The number of carbonyl (C=O) groups excluding carboxylic acids is 2.